The Hall–Kier alpha value is -0.0800. The fourth-order valence-electron chi connectivity index (χ4n) is 3.93. The number of hydrogen-bond donors (Lipinski definition) is 1. The van der Waals surface area contributed by atoms with Gasteiger partial charge in [0.25, 0.3) is 0 Å². The second kappa shape index (κ2) is 8.26. The van der Waals surface area contributed by atoms with Crippen molar-refractivity contribution < 1.29 is 9.84 Å². The van der Waals surface area contributed by atoms with E-state index in [4.69, 9.17) is 4.74 Å². The van der Waals surface area contributed by atoms with Crippen LogP contribution in [0.4, 0.5) is 0 Å². The molecule has 112 valence electrons. The quantitative estimate of drug-likeness (QED) is 0.697. The molecule has 0 aliphatic heterocycles. The molecule has 0 saturated heterocycles. The van der Waals surface area contributed by atoms with E-state index in [1.54, 1.807) is 0 Å². The van der Waals surface area contributed by atoms with E-state index in [1.807, 2.05) is 0 Å². The molecule has 19 heavy (non-hydrogen) atoms. The topological polar surface area (TPSA) is 29.5 Å². The lowest BCUT2D eigenvalue weighted by molar-refractivity contribution is -0.0337. The van der Waals surface area contributed by atoms with Gasteiger partial charge >= 0.3 is 0 Å². The maximum atomic E-state index is 9.79. The van der Waals surface area contributed by atoms with Gasteiger partial charge < -0.3 is 9.84 Å². The van der Waals surface area contributed by atoms with Crippen molar-refractivity contribution in [2.75, 3.05) is 6.61 Å². The maximum absolute atomic E-state index is 9.79. The van der Waals surface area contributed by atoms with E-state index in [0.29, 0.717) is 6.10 Å². The largest absolute Gasteiger partial charge is 0.393 e. The van der Waals surface area contributed by atoms with E-state index in [2.05, 4.69) is 6.92 Å². The molecule has 0 bridgehead atoms. The molecule has 4 atom stereocenters. The van der Waals surface area contributed by atoms with Gasteiger partial charge in [0, 0.05) is 6.61 Å². The van der Waals surface area contributed by atoms with E-state index in [1.165, 1.54) is 57.8 Å². The van der Waals surface area contributed by atoms with Crippen LogP contribution in [-0.4, -0.2) is 23.9 Å². The molecule has 2 aliphatic carbocycles. The highest BCUT2D eigenvalue weighted by Gasteiger charge is 2.35. The standard InChI is InChI=1S/C17H32O2/c1-2-3-4-5-6-11-19-17-10-8-14-7-9-16(18)12-15(14)13-17/h14-18H,2-13H2,1H3. The molecule has 2 aliphatic rings. The van der Waals surface area contributed by atoms with Crippen molar-refractivity contribution in [3.05, 3.63) is 0 Å². The predicted octanol–water partition coefficient (Wildman–Crippen LogP) is 4.30. The minimum atomic E-state index is -0.0333. The molecule has 0 amide bonds. The van der Waals surface area contributed by atoms with Crippen LogP contribution in [-0.2, 0) is 4.74 Å². The van der Waals surface area contributed by atoms with Crippen molar-refractivity contribution in [1.29, 1.82) is 0 Å². The summed E-state index contributed by atoms with van der Waals surface area (Å²) in [6.45, 7) is 3.21. The summed E-state index contributed by atoms with van der Waals surface area (Å²) in [4.78, 5) is 0. The lowest BCUT2D eigenvalue weighted by Gasteiger charge is -2.40. The van der Waals surface area contributed by atoms with Crippen molar-refractivity contribution in [2.45, 2.75) is 89.8 Å². The fraction of sp³-hybridized carbons (Fsp3) is 1.00. The summed E-state index contributed by atoms with van der Waals surface area (Å²) in [6, 6.07) is 0. The van der Waals surface area contributed by atoms with E-state index in [9.17, 15) is 5.11 Å². The number of ether oxygens (including phenoxy) is 1. The van der Waals surface area contributed by atoms with Crippen LogP contribution in [0.3, 0.4) is 0 Å². The first-order chi connectivity index (χ1) is 9.29. The number of fused-ring (bicyclic) bond motifs is 1. The Morgan fingerprint density at radius 3 is 2.53 bits per heavy atom. The molecular weight excluding hydrogens is 236 g/mol. The average Bonchev–Trinajstić information content (AvgIpc) is 2.42. The van der Waals surface area contributed by atoms with Crippen LogP contribution >= 0.6 is 0 Å². The third-order valence-electron chi connectivity index (χ3n) is 5.14. The Balaban J connectivity index is 1.58. The molecule has 0 aromatic rings. The molecule has 4 unspecified atom stereocenters. The summed E-state index contributed by atoms with van der Waals surface area (Å²) in [5.41, 5.74) is 0. The predicted molar refractivity (Wildman–Crippen MR) is 79.2 cm³/mol. The first kappa shape index (κ1) is 15.3. The molecule has 2 nitrogen and oxygen atoms in total. The molecule has 0 aromatic carbocycles. The van der Waals surface area contributed by atoms with Crippen LogP contribution < -0.4 is 0 Å². The second-order valence-electron chi connectivity index (χ2n) is 6.71. The van der Waals surface area contributed by atoms with E-state index >= 15 is 0 Å². The first-order valence-electron chi connectivity index (χ1n) is 8.59. The number of aliphatic hydroxyl groups is 1. The number of hydrogen-bond acceptors (Lipinski definition) is 2. The highest BCUT2D eigenvalue weighted by Crippen LogP contribution is 2.41. The average molecular weight is 268 g/mol. The molecule has 1 N–H and O–H groups in total. The monoisotopic (exact) mass is 268 g/mol. The molecule has 2 rings (SSSR count). The smallest absolute Gasteiger partial charge is 0.0578 e. The van der Waals surface area contributed by atoms with Gasteiger partial charge in [-0.25, -0.2) is 0 Å². The highest BCUT2D eigenvalue weighted by molar-refractivity contribution is 4.86. The van der Waals surface area contributed by atoms with Gasteiger partial charge in [-0.05, 0) is 56.8 Å². The van der Waals surface area contributed by atoms with Crippen LogP contribution in [0, 0.1) is 11.8 Å². The molecule has 0 heterocycles. The molecule has 2 heteroatoms. The third-order valence-corrected chi connectivity index (χ3v) is 5.14. The SMILES string of the molecule is CCCCCCCOC1CCC2CCC(O)CC2C1. The van der Waals surface area contributed by atoms with Gasteiger partial charge in [0.1, 0.15) is 0 Å². The zero-order valence-corrected chi connectivity index (χ0v) is 12.7. The molecular formula is C17H32O2. The van der Waals surface area contributed by atoms with Crippen LogP contribution in [0.25, 0.3) is 0 Å². The normalized spacial score (nSPS) is 35.1. The van der Waals surface area contributed by atoms with Crippen molar-refractivity contribution >= 4 is 0 Å². The Bertz CT molecular complexity index is 241. The van der Waals surface area contributed by atoms with E-state index in [-0.39, 0.29) is 6.10 Å². The summed E-state index contributed by atoms with van der Waals surface area (Å²) < 4.78 is 6.07. The lowest BCUT2D eigenvalue weighted by atomic mass is 9.69. The van der Waals surface area contributed by atoms with Crippen LogP contribution in [0.1, 0.15) is 77.6 Å². The molecule has 2 saturated carbocycles. The summed E-state index contributed by atoms with van der Waals surface area (Å²) in [6.07, 6.45) is 14.1. The van der Waals surface area contributed by atoms with E-state index < -0.39 is 0 Å². The minimum Gasteiger partial charge on any atom is -0.393 e. The molecule has 0 aromatic heterocycles. The van der Waals surface area contributed by atoms with E-state index in [0.717, 1.165) is 31.3 Å². The van der Waals surface area contributed by atoms with Crippen LogP contribution in [0.5, 0.6) is 0 Å². The van der Waals surface area contributed by atoms with Gasteiger partial charge in [-0.3, -0.25) is 0 Å². The third kappa shape index (κ3) is 5.07. The van der Waals surface area contributed by atoms with Crippen molar-refractivity contribution in [2.24, 2.45) is 11.8 Å². The zero-order chi connectivity index (χ0) is 13.5. The highest BCUT2D eigenvalue weighted by atomic mass is 16.5. The zero-order valence-electron chi connectivity index (χ0n) is 12.7. The van der Waals surface area contributed by atoms with Gasteiger partial charge in [0.05, 0.1) is 12.2 Å². The number of aliphatic hydroxyl groups excluding tert-OH is 1. The van der Waals surface area contributed by atoms with Crippen LogP contribution in [0.2, 0.25) is 0 Å². The van der Waals surface area contributed by atoms with Gasteiger partial charge in [0.2, 0.25) is 0 Å². The molecule has 2 fully saturated rings. The number of unbranched alkanes of at least 4 members (excludes halogenated alkanes) is 4. The Kier molecular flexibility index (Phi) is 6.66. The Morgan fingerprint density at radius 1 is 0.895 bits per heavy atom. The summed E-state index contributed by atoms with van der Waals surface area (Å²) >= 11 is 0. The summed E-state index contributed by atoms with van der Waals surface area (Å²) in [5, 5.41) is 9.79. The van der Waals surface area contributed by atoms with Crippen molar-refractivity contribution in [3.63, 3.8) is 0 Å². The van der Waals surface area contributed by atoms with Crippen LogP contribution in [0.15, 0.2) is 0 Å². The number of rotatable bonds is 7. The minimum absolute atomic E-state index is 0.0333. The summed E-state index contributed by atoms with van der Waals surface area (Å²) in [5.74, 6) is 1.62. The van der Waals surface area contributed by atoms with Gasteiger partial charge in [-0.15, -0.1) is 0 Å². The Morgan fingerprint density at radius 2 is 1.68 bits per heavy atom. The molecule has 0 radical (unpaired) electrons. The Labute approximate surface area is 118 Å². The second-order valence-corrected chi connectivity index (χ2v) is 6.71. The summed E-state index contributed by atoms with van der Waals surface area (Å²) in [7, 11) is 0. The maximum Gasteiger partial charge on any atom is 0.0578 e. The van der Waals surface area contributed by atoms with Gasteiger partial charge in [-0.2, -0.15) is 0 Å². The fourth-order valence-corrected chi connectivity index (χ4v) is 3.93. The van der Waals surface area contributed by atoms with Crippen molar-refractivity contribution in [1.82, 2.24) is 0 Å². The first-order valence-corrected chi connectivity index (χ1v) is 8.59. The van der Waals surface area contributed by atoms with Gasteiger partial charge in [-0.1, -0.05) is 32.6 Å². The molecule has 0 spiro atoms. The van der Waals surface area contributed by atoms with Crippen molar-refractivity contribution in [3.8, 4) is 0 Å². The lowest BCUT2D eigenvalue weighted by Crippen LogP contribution is -2.35. The van der Waals surface area contributed by atoms with Gasteiger partial charge in [0.15, 0.2) is 0 Å².